The van der Waals surface area contributed by atoms with Crippen LogP contribution in [0.2, 0.25) is 0 Å². The zero-order chi connectivity index (χ0) is 20.5. The van der Waals surface area contributed by atoms with E-state index in [4.69, 9.17) is 14.0 Å². The second-order valence-corrected chi connectivity index (χ2v) is 8.68. The van der Waals surface area contributed by atoms with E-state index in [0.717, 1.165) is 0 Å². The molecule has 1 N–H and O–H groups in total. The van der Waals surface area contributed by atoms with Gasteiger partial charge in [0.05, 0.1) is 11.2 Å². The summed E-state index contributed by atoms with van der Waals surface area (Å²) in [5, 5.41) is 2.70. The fourth-order valence-electron chi connectivity index (χ4n) is 2.48. The first-order valence-corrected chi connectivity index (χ1v) is 9.08. The van der Waals surface area contributed by atoms with Crippen molar-refractivity contribution in [2.45, 2.75) is 65.3 Å². The van der Waals surface area contributed by atoms with E-state index in [9.17, 15) is 9.18 Å². The molecule has 0 aromatic heterocycles. The van der Waals surface area contributed by atoms with Gasteiger partial charge in [0.15, 0.2) is 0 Å². The summed E-state index contributed by atoms with van der Waals surface area (Å²) in [4.78, 5) is 12.0. The van der Waals surface area contributed by atoms with Gasteiger partial charge in [-0.05, 0) is 60.0 Å². The summed E-state index contributed by atoms with van der Waals surface area (Å²) in [7, 11) is -0.704. The molecule has 1 aliphatic heterocycles. The molecule has 1 aromatic carbocycles. The van der Waals surface area contributed by atoms with E-state index in [2.05, 4.69) is 5.32 Å². The highest BCUT2D eigenvalue weighted by Crippen LogP contribution is 2.38. The number of amides is 1. The van der Waals surface area contributed by atoms with Crippen LogP contribution in [-0.4, -0.2) is 36.6 Å². The van der Waals surface area contributed by atoms with Crippen LogP contribution in [0, 0.1) is 5.82 Å². The molecule has 0 atom stereocenters. The Morgan fingerprint density at radius 2 is 1.74 bits per heavy atom. The van der Waals surface area contributed by atoms with Gasteiger partial charge in [-0.3, -0.25) is 0 Å². The number of nitrogens with one attached hydrogen (secondary N) is 1. The summed E-state index contributed by atoms with van der Waals surface area (Å²) in [5.41, 5.74) is -0.697. The minimum absolute atomic E-state index is 0.111. The summed E-state index contributed by atoms with van der Waals surface area (Å²) < 4.78 is 31.5. The first kappa shape index (κ1) is 21.4. The maximum atomic E-state index is 14.1. The third-order valence-corrected chi connectivity index (χ3v) is 4.64. The van der Waals surface area contributed by atoms with E-state index >= 15 is 0 Å². The molecule has 0 bridgehead atoms. The molecule has 0 aliphatic carbocycles. The van der Waals surface area contributed by atoms with Crippen molar-refractivity contribution in [1.82, 2.24) is 5.32 Å². The van der Waals surface area contributed by atoms with Gasteiger partial charge in [0.1, 0.15) is 11.4 Å². The fourth-order valence-corrected chi connectivity index (χ4v) is 2.48. The fraction of sp³-hybridized carbons (Fsp3) is 0.550. The quantitative estimate of drug-likeness (QED) is 0.792. The zero-order valence-corrected chi connectivity index (χ0v) is 17.2. The van der Waals surface area contributed by atoms with Gasteiger partial charge in [-0.25, -0.2) is 9.18 Å². The number of hydrogen-bond acceptors (Lipinski definition) is 4. The molecule has 2 rings (SSSR count). The molecule has 1 heterocycles. The SMILES string of the molecule is CC(C)(C)OC(=O)NCC(=Cc1ccccc1F)B1OC(C)(C)C(C)(C)O1. The molecule has 1 aliphatic rings. The van der Waals surface area contributed by atoms with Gasteiger partial charge in [-0.1, -0.05) is 24.3 Å². The third kappa shape index (κ3) is 5.56. The number of hydrogen-bond donors (Lipinski definition) is 1. The van der Waals surface area contributed by atoms with Gasteiger partial charge < -0.3 is 19.4 Å². The van der Waals surface area contributed by atoms with Gasteiger partial charge >= 0.3 is 13.2 Å². The van der Waals surface area contributed by atoms with E-state index in [1.54, 1.807) is 45.0 Å². The Balaban J connectivity index is 2.25. The van der Waals surface area contributed by atoms with Crippen LogP contribution in [0.4, 0.5) is 9.18 Å². The lowest BCUT2D eigenvalue weighted by atomic mass is 9.77. The highest BCUT2D eigenvalue weighted by atomic mass is 19.1. The molecule has 0 radical (unpaired) electrons. The van der Waals surface area contributed by atoms with E-state index in [1.165, 1.54) is 6.07 Å². The van der Waals surface area contributed by atoms with E-state index in [0.29, 0.717) is 11.0 Å². The highest BCUT2D eigenvalue weighted by Gasteiger charge is 2.52. The van der Waals surface area contributed by atoms with Gasteiger partial charge in [-0.15, -0.1) is 0 Å². The largest absolute Gasteiger partial charge is 0.492 e. The topological polar surface area (TPSA) is 56.8 Å². The monoisotopic (exact) mass is 377 g/mol. The Morgan fingerprint density at radius 1 is 1.19 bits per heavy atom. The van der Waals surface area contributed by atoms with Crippen LogP contribution in [-0.2, 0) is 14.0 Å². The summed E-state index contributed by atoms with van der Waals surface area (Å²) in [6.07, 6.45) is 1.09. The Kier molecular flexibility index (Phi) is 6.07. The Bertz CT molecular complexity index is 709. The molecule has 0 saturated carbocycles. The van der Waals surface area contributed by atoms with Crippen molar-refractivity contribution in [3.8, 4) is 0 Å². The standard InChI is InChI=1S/C20H29BFNO4/c1-18(2,3)25-17(24)23-13-15(12-14-10-8-9-11-16(14)22)21-26-19(4,5)20(6,7)27-21/h8-12H,13H2,1-7H3,(H,23,24). The molecule has 5 nitrogen and oxygen atoms in total. The minimum Gasteiger partial charge on any atom is -0.444 e. The van der Waals surface area contributed by atoms with Crippen molar-refractivity contribution in [1.29, 1.82) is 0 Å². The maximum absolute atomic E-state index is 14.1. The number of carbonyl (C=O) groups excluding carboxylic acids is 1. The van der Waals surface area contributed by atoms with Crippen LogP contribution in [0.1, 0.15) is 54.0 Å². The molecule has 7 heteroatoms. The number of alkyl carbamates (subject to hydrolysis) is 1. The maximum Gasteiger partial charge on any atom is 0.492 e. The number of rotatable bonds is 4. The lowest BCUT2D eigenvalue weighted by molar-refractivity contribution is 0.00578. The van der Waals surface area contributed by atoms with Crippen LogP contribution >= 0.6 is 0 Å². The van der Waals surface area contributed by atoms with Crippen molar-refractivity contribution < 1.29 is 23.2 Å². The Hall–Kier alpha value is -1.86. The van der Waals surface area contributed by atoms with Gasteiger partial charge in [-0.2, -0.15) is 0 Å². The normalized spacial score (nSPS) is 19.1. The lowest BCUT2D eigenvalue weighted by Gasteiger charge is -2.32. The van der Waals surface area contributed by atoms with Gasteiger partial charge in [0.25, 0.3) is 0 Å². The number of carbonyl (C=O) groups is 1. The molecule has 27 heavy (non-hydrogen) atoms. The van der Waals surface area contributed by atoms with Crippen LogP contribution in [0.3, 0.4) is 0 Å². The molecular weight excluding hydrogens is 348 g/mol. The molecule has 0 unspecified atom stereocenters. The number of benzene rings is 1. The van der Waals surface area contributed by atoms with Gasteiger partial charge in [0.2, 0.25) is 0 Å². The molecule has 1 saturated heterocycles. The Morgan fingerprint density at radius 3 is 2.26 bits per heavy atom. The van der Waals surface area contributed by atoms with E-state index < -0.39 is 30.0 Å². The lowest BCUT2D eigenvalue weighted by Crippen LogP contribution is -2.41. The summed E-state index contributed by atoms with van der Waals surface area (Å²) in [5.74, 6) is -0.358. The molecule has 1 amide bonds. The van der Waals surface area contributed by atoms with E-state index in [-0.39, 0.29) is 12.4 Å². The van der Waals surface area contributed by atoms with Crippen LogP contribution in [0.5, 0.6) is 0 Å². The number of halogens is 1. The Labute approximate surface area is 161 Å². The van der Waals surface area contributed by atoms with Crippen molar-refractivity contribution in [2.24, 2.45) is 0 Å². The zero-order valence-electron chi connectivity index (χ0n) is 17.2. The first-order valence-electron chi connectivity index (χ1n) is 9.08. The third-order valence-electron chi connectivity index (χ3n) is 4.64. The predicted molar refractivity (Wildman–Crippen MR) is 105 cm³/mol. The van der Waals surface area contributed by atoms with Crippen molar-refractivity contribution in [2.75, 3.05) is 6.54 Å². The molecule has 148 valence electrons. The predicted octanol–water partition coefficient (Wildman–Crippen LogP) is 4.37. The van der Waals surface area contributed by atoms with Crippen molar-refractivity contribution in [3.05, 3.63) is 41.1 Å². The first-order chi connectivity index (χ1) is 12.3. The van der Waals surface area contributed by atoms with Crippen LogP contribution in [0.15, 0.2) is 29.7 Å². The molecule has 1 aromatic rings. The average Bonchev–Trinajstić information content (AvgIpc) is 2.71. The molecular formula is C20H29BFNO4. The average molecular weight is 377 g/mol. The second kappa shape index (κ2) is 7.64. The summed E-state index contributed by atoms with van der Waals surface area (Å²) in [6.45, 7) is 13.2. The highest BCUT2D eigenvalue weighted by molar-refractivity contribution is 6.56. The summed E-state index contributed by atoms with van der Waals surface area (Å²) >= 11 is 0. The summed E-state index contributed by atoms with van der Waals surface area (Å²) in [6, 6.07) is 6.42. The minimum atomic E-state index is -0.704. The van der Waals surface area contributed by atoms with E-state index in [1.807, 2.05) is 27.7 Å². The molecule has 1 fully saturated rings. The van der Waals surface area contributed by atoms with Crippen molar-refractivity contribution in [3.63, 3.8) is 0 Å². The van der Waals surface area contributed by atoms with Crippen molar-refractivity contribution >= 4 is 19.3 Å². The number of ether oxygens (including phenoxy) is 1. The second-order valence-electron chi connectivity index (χ2n) is 8.68. The molecule has 0 spiro atoms. The van der Waals surface area contributed by atoms with Crippen LogP contribution in [0.25, 0.3) is 6.08 Å². The van der Waals surface area contributed by atoms with Crippen LogP contribution < -0.4 is 5.32 Å². The van der Waals surface area contributed by atoms with Gasteiger partial charge in [0, 0.05) is 12.1 Å². The smallest absolute Gasteiger partial charge is 0.444 e.